The fourth-order valence-corrected chi connectivity index (χ4v) is 1.64. The van der Waals surface area contributed by atoms with Crippen molar-refractivity contribution in [3.63, 3.8) is 0 Å². The van der Waals surface area contributed by atoms with Gasteiger partial charge in [0.2, 0.25) is 0 Å². The van der Waals surface area contributed by atoms with Gasteiger partial charge in [-0.25, -0.2) is 4.98 Å². The van der Waals surface area contributed by atoms with Gasteiger partial charge in [-0.15, -0.1) is 0 Å². The highest BCUT2D eigenvalue weighted by Crippen LogP contribution is 2.19. The van der Waals surface area contributed by atoms with E-state index in [2.05, 4.69) is 34.8 Å². The van der Waals surface area contributed by atoms with Gasteiger partial charge in [0, 0.05) is 18.9 Å². The molecule has 0 unspecified atom stereocenters. The summed E-state index contributed by atoms with van der Waals surface area (Å²) < 4.78 is 2.13. The molecule has 1 aromatic heterocycles. The van der Waals surface area contributed by atoms with Crippen LogP contribution < -0.4 is 5.32 Å². The summed E-state index contributed by atoms with van der Waals surface area (Å²) in [6, 6.07) is 2.33. The highest BCUT2D eigenvalue weighted by molar-refractivity contribution is 4.95. The normalized spacial score (nSPS) is 11.8. The Morgan fingerprint density at radius 1 is 1.50 bits per heavy atom. The van der Waals surface area contributed by atoms with E-state index >= 15 is 0 Å². The molecule has 0 atom stereocenters. The molecule has 0 fully saturated rings. The Kier molecular flexibility index (Phi) is 5.36. The van der Waals surface area contributed by atoms with Crippen molar-refractivity contribution < 1.29 is 0 Å². The second-order valence-electron chi connectivity index (χ2n) is 5.81. The zero-order chi connectivity index (χ0) is 13.6. The van der Waals surface area contributed by atoms with Crippen LogP contribution in [-0.2, 0) is 13.1 Å². The van der Waals surface area contributed by atoms with E-state index in [9.17, 15) is 0 Å². The summed E-state index contributed by atoms with van der Waals surface area (Å²) in [5.74, 6) is 1.69. The van der Waals surface area contributed by atoms with Crippen LogP contribution in [0.4, 0.5) is 0 Å². The lowest BCUT2D eigenvalue weighted by Crippen LogP contribution is -2.22. The Hall–Kier alpha value is -1.34. The average Bonchev–Trinajstić information content (AvgIpc) is 2.74. The standard InChI is InChI=1S/C14H24N4/c1-12(2)9-16-10-13-17-6-8-18(13)7-5-14(3,4)11-15/h6,8,12,16H,5,7,9-10H2,1-4H3. The smallest absolute Gasteiger partial charge is 0.122 e. The largest absolute Gasteiger partial charge is 0.334 e. The van der Waals surface area contributed by atoms with Gasteiger partial charge >= 0.3 is 0 Å². The first-order valence-electron chi connectivity index (χ1n) is 6.56. The summed E-state index contributed by atoms with van der Waals surface area (Å²) in [6.07, 6.45) is 4.66. The van der Waals surface area contributed by atoms with Crippen LogP contribution in [0.25, 0.3) is 0 Å². The summed E-state index contributed by atoms with van der Waals surface area (Å²) in [5.41, 5.74) is -0.271. The Balaban J connectivity index is 2.48. The van der Waals surface area contributed by atoms with Gasteiger partial charge in [0.25, 0.3) is 0 Å². The SMILES string of the molecule is CC(C)CNCc1nccn1CCC(C)(C)C#N. The fourth-order valence-electron chi connectivity index (χ4n) is 1.64. The van der Waals surface area contributed by atoms with E-state index < -0.39 is 0 Å². The number of aromatic nitrogens is 2. The quantitative estimate of drug-likeness (QED) is 0.807. The molecule has 0 aliphatic rings. The first-order valence-corrected chi connectivity index (χ1v) is 6.56. The van der Waals surface area contributed by atoms with Crippen LogP contribution in [-0.4, -0.2) is 16.1 Å². The van der Waals surface area contributed by atoms with E-state index in [1.54, 1.807) is 0 Å². The average molecular weight is 248 g/mol. The number of nitrogens with one attached hydrogen (secondary N) is 1. The van der Waals surface area contributed by atoms with Gasteiger partial charge in [0.1, 0.15) is 5.82 Å². The van der Waals surface area contributed by atoms with Gasteiger partial charge in [-0.3, -0.25) is 0 Å². The number of rotatable bonds is 7. The number of nitrogens with zero attached hydrogens (tertiary/aromatic N) is 3. The monoisotopic (exact) mass is 248 g/mol. The first kappa shape index (κ1) is 14.7. The molecular weight excluding hydrogens is 224 g/mol. The van der Waals surface area contributed by atoms with Crippen LogP contribution in [0.15, 0.2) is 12.4 Å². The third-order valence-electron chi connectivity index (χ3n) is 2.92. The molecule has 1 rings (SSSR count). The van der Waals surface area contributed by atoms with Crippen LogP contribution >= 0.6 is 0 Å². The van der Waals surface area contributed by atoms with Gasteiger partial charge < -0.3 is 9.88 Å². The van der Waals surface area contributed by atoms with Crippen LogP contribution in [0.5, 0.6) is 0 Å². The first-order chi connectivity index (χ1) is 8.44. The summed E-state index contributed by atoms with van der Waals surface area (Å²) in [7, 11) is 0. The van der Waals surface area contributed by atoms with Gasteiger partial charge in [0.15, 0.2) is 0 Å². The van der Waals surface area contributed by atoms with Gasteiger partial charge in [0.05, 0.1) is 18.0 Å². The second-order valence-corrected chi connectivity index (χ2v) is 5.81. The molecule has 0 aliphatic heterocycles. The van der Waals surface area contributed by atoms with Gasteiger partial charge in [-0.05, 0) is 32.7 Å². The Labute approximate surface area is 110 Å². The maximum atomic E-state index is 9.01. The van der Waals surface area contributed by atoms with E-state index in [1.165, 1.54) is 0 Å². The molecule has 1 aromatic rings. The predicted octanol–water partition coefficient (Wildman–Crippen LogP) is 2.57. The molecule has 4 nitrogen and oxygen atoms in total. The molecule has 18 heavy (non-hydrogen) atoms. The minimum absolute atomic E-state index is 0.271. The molecule has 100 valence electrons. The van der Waals surface area contributed by atoms with E-state index in [1.807, 2.05) is 26.2 Å². The summed E-state index contributed by atoms with van der Waals surface area (Å²) in [4.78, 5) is 4.36. The molecule has 0 amide bonds. The highest BCUT2D eigenvalue weighted by atomic mass is 15.1. The van der Waals surface area contributed by atoms with Gasteiger partial charge in [-0.1, -0.05) is 13.8 Å². The fraction of sp³-hybridized carbons (Fsp3) is 0.714. The Bertz CT molecular complexity index is 398. The van der Waals surface area contributed by atoms with Crippen molar-refractivity contribution in [2.75, 3.05) is 6.54 Å². The second kappa shape index (κ2) is 6.55. The van der Waals surface area contributed by atoms with Gasteiger partial charge in [-0.2, -0.15) is 5.26 Å². The number of hydrogen-bond donors (Lipinski definition) is 1. The van der Waals surface area contributed by atoms with E-state index in [-0.39, 0.29) is 5.41 Å². The maximum Gasteiger partial charge on any atom is 0.122 e. The molecule has 0 aliphatic carbocycles. The molecule has 0 radical (unpaired) electrons. The zero-order valence-corrected chi connectivity index (χ0v) is 11.9. The van der Waals surface area contributed by atoms with Crippen molar-refractivity contribution in [3.8, 4) is 6.07 Å². The molecule has 0 aromatic carbocycles. The van der Waals surface area contributed by atoms with Crippen molar-refractivity contribution in [2.45, 2.75) is 47.2 Å². The van der Waals surface area contributed by atoms with E-state index in [0.29, 0.717) is 5.92 Å². The number of aryl methyl sites for hydroxylation is 1. The Morgan fingerprint density at radius 2 is 2.22 bits per heavy atom. The maximum absolute atomic E-state index is 9.01. The number of imidazole rings is 1. The molecule has 0 saturated heterocycles. The number of hydrogen-bond acceptors (Lipinski definition) is 3. The van der Waals surface area contributed by atoms with Crippen molar-refractivity contribution in [1.82, 2.24) is 14.9 Å². The molecule has 1 heterocycles. The third-order valence-corrected chi connectivity index (χ3v) is 2.92. The van der Waals surface area contributed by atoms with E-state index in [4.69, 9.17) is 5.26 Å². The van der Waals surface area contributed by atoms with Crippen molar-refractivity contribution in [1.29, 1.82) is 5.26 Å². The molecule has 1 N–H and O–H groups in total. The van der Waals surface area contributed by atoms with Crippen LogP contribution in [0.2, 0.25) is 0 Å². The minimum Gasteiger partial charge on any atom is -0.334 e. The molecule has 4 heteroatoms. The van der Waals surface area contributed by atoms with Crippen LogP contribution in [0, 0.1) is 22.7 Å². The lowest BCUT2D eigenvalue weighted by Gasteiger charge is -2.16. The van der Waals surface area contributed by atoms with Crippen molar-refractivity contribution in [3.05, 3.63) is 18.2 Å². The number of nitriles is 1. The molecule has 0 bridgehead atoms. The van der Waals surface area contributed by atoms with Crippen LogP contribution in [0.1, 0.15) is 39.9 Å². The molecule has 0 saturated carbocycles. The molecular formula is C14H24N4. The molecule has 0 spiro atoms. The lowest BCUT2D eigenvalue weighted by atomic mass is 9.91. The van der Waals surface area contributed by atoms with Crippen molar-refractivity contribution >= 4 is 0 Å². The topological polar surface area (TPSA) is 53.6 Å². The van der Waals surface area contributed by atoms with Crippen molar-refractivity contribution in [2.24, 2.45) is 11.3 Å². The van der Waals surface area contributed by atoms with Crippen LogP contribution in [0.3, 0.4) is 0 Å². The zero-order valence-electron chi connectivity index (χ0n) is 11.9. The summed E-state index contributed by atoms with van der Waals surface area (Å²) in [5, 5.41) is 12.4. The Morgan fingerprint density at radius 3 is 2.83 bits per heavy atom. The lowest BCUT2D eigenvalue weighted by molar-refractivity contribution is 0.405. The highest BCUT2D eigenvalue weighted by Gasteiger charge is 2.16. The summed E-state index contributed by atoms with van der Waals surface area (Å²) in [6.45, 7) is 11.0. The third kappa shape index (κ3) is 4.89. The minimum atomic E-state index is -0.271. The van der Waals surface area contributed by atoms with E-state index in [0.717, 1.165) is 31.9 Å². The predicted molar refractivity (Wildman–Crippen MR) is 72.8 cm³/mol. The summed E-state index contributed by atoms with van der Waals surface area (Å²) >= 11 is 0.